The molecule has 0 spiro atoms. The fourth-order valence-corrected chi connectivity index (χ4v) is 5.57. The highest BCUT2D eigenvalue weighted by Gasteiger charge is 2.32. The van der Waals surface area contributed by atoms with E-state index in [1.54, 1.807) is 23.9 Å². The van der Waals surface area contributed by atoms with Crippen LogP contribution in [0.25, 0.3) is 11.1 Å². The lowest BCUT2D eigenvalue weighted by molar-refractivity contribution is -0.245. The SMILES string of the molecule is NCc1cccc(-c2cccc(C3OC(CSc4ccc(C(=O)O)cc4)CC(c4ccc(CO)cc4)O3)c2)c1. The van der Waals surface area contributed by atoms with Crippen molar-refractivity contribution in [3.8, 4) is 11.1 Å². The molecule has 39 heavy (non-hydrogen) atoms. The van der Waals surface area contributed by atoms with E-state index in [4.69, 9.17) is 15.2 Å². The van der Waals surface area contributed by atoms with Gasteiger partial charge in [-0.1, -0.05) is 60.7 Å². The smallest absolute Gasteiger partial charge is 0.335 e. The van der Waals surface area contributed by atoms with E-state index in [-0.39, 0.29) is 24.4 Å². The lowest BCUT2D eigenvalue weighted by atomic mass is 9.99. The lowest BCUT2D eigenvalue weighted by Crippen LogP contribution is -2.31. The van der Waals surface area contributed by atoms with Crippen molar-refractivity contribution < 1.29 is 24.5 Å². The Bertz CT molecular complexity index is 1410. The molecule has 3 atom stereocenters. The predicted molar refractivity (Wildman–Crippen MR) is 152 cm³/mol. The Kier molecular flexibility index (Phi) is 8.76. The van der Waals surface area contributed by atoms with Crippen molar-refractivity contribution in [1.29, 1.82) is 0 Å². The Labute approximate surface area is 232 Å². The zero-order valence-corrected chi connectivity index (χ0v) is 22.2. The van der Waals surface area contributed by atoms with Crippen LogP contribution in [0.4, 0.5) is 0 Å². The van der Waals surface area contributed by atoms with Crippen LogP contribution in [-0.4, -0.2) is 28.0 Å². The molecule has 4 N–H and O–H groups in total. The van der Waals surface area contributed by atoms with Gasteiger partial charge in [0.2, 0.25) is 0 Å². The first kappa shape index (κ1) is 27.1. The normalized spacial score (nSPS) is 19.1. The molecule has 0 aliphatic carbocycles. The molecule has 4 aromatic rings. The van der Waals surface area contributed by atoms with Crippen LogP contribution in [0.2, 0.25) is 0 Å². The van der Waals surface area contributed by atoms with E-state index in [1.807, 2.05) is 60.7 Å². The minimum atomic E-state index is -0.936. The van der Waals surface area contributed by atoms with Gasteiger partial charge in [-0.25, -0.2) is 4.79 Å². The Morgan fingerprint density at radius 1 is 0.846 bits per heavy atom. The van der Waals surface area contributed by atoms with E-state index < -0.39 is 12.3 Å². The number of carboxylic acids is 1. The summed E-state index contributed by atoms with van der Waals surface area (Å²) < 4.78 is 13.0. The van der Waals surface area contributed by atoms with Crippen LogP contribution in [0, 0.1) is 0 Å². The summed E-state index contributed by atoms with van der Waals surface area (Å²) in [6, 6.07) is 31.2. The van der Waals surface area contributed by atoms with Gasteiger partial charge >= 0.3 is 5.97 Å². The maximum absolute atomic E-state index is 11.2. The van der Waals surface area contributed by atoms with Crippen molar-refractivity contribution in [2.75, 3.05) is 5.75 Å². The molecule has 3 unspecified atom stereocenters. The van der Waals surface area contributed by atoms with E-state index in [1.165, 1.54) is 0 Å². The first-order valence-corrected chi connectivity index (χ1v) is 13.9. The van der Waals surface area contributed by atoms with Gasteiger partial charge in [-0.05, 0) is 64.2 Å². The molecule has 0 bridgehead atoms. The Hall–Kier alpha value is -3.46. The van der Waals surface area contributed by atoms with E-state index >= 15 is 0 Å². The predicted octanol–water partition coefficient (Wildman–Crippen LogP) is 6.34. The lowest BCUT2D eigenvalue weighted by Gasteiger charge is -2.36. The molecule has 6 nitrogen and oxygen atoms in total. The number of thioether (sulfide) groups is 1. The highest BCUT2D eigenvalue weighted by atomic mass is 32.2. The summed E-state index contributed by atoms with van der Waals surface area (Å²) in [6.45, 7) is 0.479. The Morgan fingerprint density at radius 3 is 2.26 bits per heavy atom. The van der Waals surface area contributed by atoms with E-state index in [9.17, 15) is 15.0 Å². The van der Waals surface area contributed by atoms with Crippen LogP contribution < -0.4 is 5.73 Å². The van der Waals surface area contributed by atoms with Gasteiger partial charge in [-0.3, -0.25) is 0 Å². The number of aromatic carboxylic acids is 1. The van der Waals surface area contributed by atoms with Crippen LogP contribution in [0.3, 0.4) is 0 Å². The molecule has 0 aromatic heterocycles. The minimum absolute atomic E-state index is 0.00434. The standard InChI is InChI=1S/C32H31NO5S/c33-18-22-3-1-4-25(15-22)26-5-2-6-27(16-26)32-37-28(20-39-29-13-11-24(12-14-29)31(35)36)17-30(38-32)23-9-7-21(19-34)8-10-23/h1-16,28,30,32,34H,17-20,33H2,(H,35,36). The summed E-state index contributed by atoms with van der Waals surface area (Å²) in [7, 11) is 0. The monoisotopic (exact) mass is 541 g/mol. The van der Waals surface area contributed by atoms with Crippen molar-refractivity contribution in [3.63, 3.8) is 0 Å². The average Bonchev–Trinajstić information content (AvgIpc) is 3.00. The second-order valence-electron chi connectivity index (χ2n) is 9.52. The molecule has 0 radical (unpaired) electrons. The van der Waals surface area contributed by atoms with Gasteiger partial charge in [-0.15, -0.1) is 11.8 Å². The van der Waals surface area contributed by atoms with Crippen LogP contribution >= 0.6 is 11.8 Å². The number of rotatable bonds is 9. The number of hydrogen-bond acceptors (Lipinski definition) is 6. The minimum Gasteiger partial charge on any atom is -0.478 e. The Balaban J connectivity index is 1.38. The number of hydrogen-bond donors (Lipinski definition) is 3. The number of aliphatic hydroxyl groups excluding tert-OH is 1. The van der Waals surface area contributed by atoms with Crippen molar-refractivity contribution in [2.24, 2.45) is 5.73 Å². The molecule has 0 saturated carbocycles. The number of benzene rings is 4. The molecule has 1 heterocycles. The second kappa shape index (κ2) is 12.6. The van der Waals surface area contributed by atoms with Gasteiger partial charge in [0.1, 0.15) is 0 Å². The van der Waals surface area contributed by atoms with Crippen LogP contribution in [0.5, 0.6) is 0 Å². The van der Waals surface area contributed by atoms with Crippen molar-refractivity contribution in [2.45, 2.75) is 43.0 Å². The molecule has 5 rings (SSSR count). The molecule has 1 aliphatic heterocycles. The zero-order chi connectivity index (χ0) is 27.2. The molecule has 1 aliphatic rings. The van der Waals surface area contributed by atoms with Crippen LogP contribution in [-0.2, 0) is 22.6 Å². The largest absolute Gasteiger partial charge is 0.478 e. The fraction of sp³-hybridized carbons (Fsp3) is 0.219. The zero-order valence-electron chi connectivity index (χ0n) is 21.4. The van der Waals surface area contributed by atoms with Gasteiger partial charge < -0.3 is 25.4 Å². The van der Waals surface area contributed by atoms with Gasteiger partial charge in [-0.2, -0.15) is 0 Å². The fourth-order valence-electron chi connectivity index (χ4n) is 4.65. The van der Waals surface area contributed by atoms with Crippen molar-refractivity contribution in [3.05, 3.63) is 125 Å². The summed E-state index contributed by atoms with van der Waals surface area (Å²) in [5.41, 5.74) is 12.2. The average molecular weight is 542 g/mol. The van der Waals surface area contributed by atoms with Gasteiger partial charge in [0.15, 0.2) is 6.29 Å². The third-order valence-electron chi connectivity index (χ3n) is 6.81. The van der Waals surface area contributed by atoms with Crippen LogP contribution in [0.1, 0.15) is 51.4 Å². The van der Waals surface area contributed by atoms with Gasteiger partial charge in [0, 0.05) is 29.2 Å². The summed E-state index contributed by atoms with van der Waals surface area (Å²) in [4.78, 5) is 12.2. The van der Waals surface area contributed by atoms with Gasteiger partial charge in [0.25, 0.3) is 0 Å². The van der Waals surface area contributed by atoms with E-state index in [2.05, 4.69) is 24.3 Å². The first-order chi connectivity index (χ1) is 19.0. The molecule has 7 heteroatoms. The van der Waals surface area contributed by atoms with Crippen LogP contribution in [0.15, 0.2) is 102 Å². The maximum Gasteiger partial charge on any atom is 0.335 e. The molecule has 1 saturated heterocycles. The molecule has 0 amide bonds. The number of ether oxygens (including phenoxy) is 2. The highest BCUT2D eigenvalue weighted by Crippen LogP contribution is 2.40. The quantitative estimate of drug-likeness (QED) is 0.213. The number of aliphatic hydroxyl groups is 1. The first-order valence-electron chi connectivity index (χ1n) is 12.9. The van der Waals surface area contributed by atoms with Crippen molar-refractivity contribution >= 4 is 17.7 Å². The van der Waals surface area contributed by atoms with E-state index in [0.717, 1.165) is 38.3 Å². The molecular weight excluding hydrogens is 510 g/mol. The summed E-state index contributed by atoms with van der Waals surface area (Å²) in [6.07, 6.45) is -0.160. The molecule has 200 valence electrons. The molecule has 4 aromatic carbocycles. The maximum atomic E-state index is 11.2. The summed E-state index contributed by atoms with van der Waals surface area (Å²) in [5, 5.41) is 18.6. The van der Waals surface area contributed by atoms with E-state index in [0.29, 0.717) is 18.7 Å². The van der Waals surface area contributed by atoms with Crippen molar-refractivity contribution in [1.82, 2.24) is 0 Å². The number of carboxylic acid groups (broad SMARTS) is 1. The number of nitrogens with two attached hydrogens (primary N) is 1. The molecular formula is C32H31NO5S. The third-order valence-corrected chi connectivity index (χ3v) is 7.95. The third kappa shape index (κ3) is 6.76. The molecule has 1 fully saturated rings. The highest BCUT2D eigenvalue weighted by molar-refractivity contribution is 7.99. The number of carbonyl (C=O) groups is 1. The summed E-state index contributed by atoms with van der Waals surface area (Å²) >= 11 is 1.63. The summed E-state index contributed by atoms with van der Waals surface area (Å²) in [5.74, 6) is -0.246. The Morgan fingerprint density at radius 2 is 1.56 bits per heavy atom. The topological polar surface area (TPSA) is 102 Å². The van der Waals surface area contributed by atoms with Gasteiger partial charge in [0.05, 0.1) is 24.4 Å². The second-order valence-corrected chi connectivity index (χ2v) is 10.6.